The van der Waals surface area contributed by atoms with E-state index in [0.717, 1.165) is 5.56 Å². The molecule has 1 saturated heterocycles. The fourth-order valence-corrected chi connectivity index (χ4v) is 3.13. The topological polar surface area (TPSA) is 110 Å². The summed E-state index contributed by atoms with van der Waals surface area (Å²) in [5.74, 6) is -0.636. The first-order valence-corrected chi connectivity index (χ1v) is 7.78. The lowest BCUT2D eigenvalue weighted by molar-refractivity contribution is -0.385. The summed E-state index contributed by atoms with van der Waals surface area (Å²) < 4.78 is 4.91. The fourth-order valence-electron chi connectivity index (χ4n) is 3.13. The number of likely N-dealkylation sites (tertiary alicyclic amines) is 1. The van der Waals surface area contributed by atoms with Gasteiger partial charge in [0.05, 0.1) is 11.5 Å². The highest BCUT2D eigenvalue weighted by Crippen LogP contribution is 2.35. The van der Waals surface area contributed by atoms with Crippen LogP contribution in [0.25, 0.3) is 0 Å². The van der Waals surface area contributed by atoms with E-state index in [9.17, 15) is 19.7 Å². The predicted molar refractivity (Wildman–Crippen MR) is 85.2 cm³/mol. The van der Waals surface area contributed by atoms with Gasteiger partial charge in [0.25, 0.3) is 5.69 Å². The fraction of sp³-hybridized carbons (Fsp3) is 0.500. The summed E-state index contributed by atoms with van der Waals surface area (Å²) in [7, 11) is 0. The summed E-state index contributed by atoms with van der Waals surface area (Å²) in [6, 6.07) is 4.46. The van der Waals surface area contributed by atoms with E-state index in [4.69, 9.17) is 9.84 Å². The monoisotopic (exact) mass is 336 g/mol. The van der Waals surface area contributed by atoms with E-state index in [0.29, 0.717) is 19.5 Å². The van der Waals surface area contributed by atoms with Crippen molar-refractivity contribution in [3.05, 3.63) is 39.4 Å². The van der Waals surface area contributed by atoms with Crippen LogP contribution in [0.2, 0.25) is 0 Å². The van der Waals surface area contributed by atoms with Crippen molar-refractivity contribution in [2.75, 3.05) is 19.7 Å². The van der Waals surface area contributed by atoms with Gasteiger partial charge in [0.1, 0.15) is 5.56 Å². The van der Waals surface area contributed by atoms with Crippen LogP contribution in [0.3, 0.4) is 0 Å². The number of benzene rings is 1. The highest BCUT2D eigenvalue weighted by molar-refractivity contribution is 5.94. The van der Waals surface area contributed by atoms with Crippen LogP contribution in [0, 0.1) is 16.0 Å². The largest absolute Gasteiger partial charge is 0.465 e. The molecular weight excluding hydrogens is 316 g/mol. The molecule has 8 nitrogen and oxygen atoms in total. The molecule has 0 aliphatic carbocycles. The van der Waals surface area contributed by atoms with Gasteiger partial charge in [-0.15, -0.1) is 0 Å². The Hall–Kier alpha value is -2.64. The highest BCUT2D eigenvalue weighted by Gasteiger charge is 2.31. The molecule has 0 aromatic heterocycles. The Bertz CT molecular complexity index is 660. The highest BCUT2D eigenvalue weighted by atomic mass is 16.6. The molecule has 0 spiro atoms. The van der Waals surface area contributed by atoms with Crippen molar-refractivity contribution in [1.29, 1.82) is 0 Å². The third kappa shape index (κ3) is 3.64. The summed E-state index contributed by atoms with van der Waals surface area (Å²) in [6.45, 7) is 4.50. The van der Waals surface area contributed by atoms with Gasteiger partial charge in [0.15, 0.2) is 0 Å². The Kier molecular flexibility index (Phi) is 5.38. The minimum absolute atomic E-state index is 0.0366. The summed E-state index contributed by atoms with van der Waals surface area (Å²) in [6.07, 6.45) is -0.343. The van der Waals surface area contributed by atoms with Gasteiger partial charge in [-0.05, 0) is 36.8 Å². The smallest absolute Gasteiger partial charge is 0.407 e. The minimum atomic E-state index is -0.948. The molecule has 1 aromatic rings. The van der Waals surface area contributed by atoms with E-state index >= 15 is 0 Å². The van der Waals surface area contributed by atoms with Crippen LogP contribution >= 0.6 is 0 Å². The number of nitrogens with zero attached hydrogens (tertiary/aromatic N) is 2. The van der Waals surface area contributed by atoms with E-state index in [1.165, 1.54) is 17.0 Å². The first kappa shape index (κ1) is 17.7. The molecule has 1 aliphatic heterocycles. The van der Waals surface area contributed by atoms with Crippen LogP contribution in [0.15, 0.2) is 18.2 Å². The van der Waals surface area contributed by atoms with E-state index in [2.05, 4.69) is 0 Å². The standard InChI is InChI=1S/C16H20N2O6/c1-3-24-15(19)13-8-11(4-5-14(13)18(22)23)12-6-7-17(16(20)21)9-10(12)2/h4-5,8,10,12H,3,6-7,9H2,1-2H3,(H,20,21)/t10-,12?/m0/s1. The average Bonchev–Trinajstić information content (AvgIpc) is 2.54. The SMILES string of the molecule is CCOC(=O)c1cc(C2CCN(C(=O)O)C[C@@H]2C)ccc1[N+](=O)[O-]. The lowest BCUT2D eigenvalue weighted by Gasteiger charge is -2.35. The average molecular weight is 336 g/mol. The number of hydrogen-bond donors (Lipinski definition) is 1. The quantitative estimate of drug-likeness (QED) is 0.514. The molecule has 24 heavy (non-hydrogen) atoms. The molecule has 1 amide bonds. The van der Waals surface area contributed by atoms with Crippen molar-refractivity contribution in [2.45, 2.75) is 26.2 Å². The number of esters is 1. The number of nitro groups is 1. The van der Waals surface area contributed by atoms with Crippen LogP contribution in [0.1, 0.15) is 42.1 Å². The maximum atomic E-state index is 12.0. The summed E-state index contributed by atoms with van der Waals surface area (Å²) in [5.41, 5.74) is 0.446. The Balaban J connectivity index is 2.31. The van der Waals surface area contributed by atoms with Gasteiger partial charge in [-0.2, -0.15) is 0 Å². The number of carbonyl (C=O) groups excluding carboxylic acids is 1. The van der Waals surface area contributed by atoms with Crippen molar-refractivity contribution in [1.82, 2.24) is 4.90 Å². The number of carboxylic acid groups (broad SMARTS) is 1. The molecule has 0 radical (unpaired) electrons. The van der Waals surface area contributed by atoms with Crippen LogP contribution in [-0.4, -0.2) is 46.7 Å². The third-order valence-electron chi connectivity index (χ3n) is 4.32. The zero-order valence-corrected chi connectivity index (χ0v) is 13.6. The van der Waals surface area contributed by atoms with Crippen molar-refractivity contribution in [3.63, 3.8) is 0 Å². The van der Waals surface area contributed by atoms with Crippen LogP contribution in [0.5, 0.6) is 0 Å². The number of ether oxygens (including phenoxy) is 1. The zero-order chi connectivity index (χ0) is 17.9. The zero-order valence-electron chi connectivity index (χ0n) is 13.6. The molecule has 1 heterocycles. The number of rotatable bonds is 4. The normalized spacial score (nSPS) is 20.5. The van der Waals surface area contributed by atoms with Gasteiger partial charge >= 0.3 is 12.1 Å². The second kappa shape index (κ2) is 7.29. The first-order valence-electron chi connectivity index (χ1n) is 7.78. The summed E-state index contributed by atoms with van der Waals surface area (Å²) in [4.78, 5) is 35.0. The van der Waals surface area contributed by atoms with Crippen molar-refractivity contribution >= 4 is 17.7 Å². The van der Waals surface area contributed by atoms with Gasteiger partial charge in [0.2, 0.25) is 0 Å². The lowest BCUT2D eigenvalue weighted by Crippen LogP contribution is -2.41. The summed E-state index contributed by atoms with van der Waals surface area (Å²) >= 11 is 0. The third-order valence-corrected chi connectivity index (χ3v) is 4.32. The molecule has 8 heteroatoms. The Labute approximate surface area is 139 Å². The molecule has 0 saturated carbocycles. The predicted octanol–water partition coefficient (Wildman–Crippen LogP) is 2.87. The maximum Gasteiger partial charge on any atom is 0.407 e. The van der Waals surface area contributed by atoms with E-state index in [1.54, 1.807) is 13.0 Å². The lowest BCUT2D eigenvalue weighted by atomic mass is 9.81. The Morgan fingerprint density at radius 1 is 1.46 bits per heavy atom. The molecule has 1 fully saturated rings. The van der Waals surface area contributed by atoms with Gasteiger partial charge in [-0.25, -0.2) is 9.59 Å². The number of amides is 1. The van der Waals surface area contributed by atoms with E-state index in [-0.39, 0.29) is 29.7 Å². The molecule has 2 atom stereocenters. The molecule has 1 aliphatic rings. The van der Waals surface area contributed by atoms with Crippen molar-refractivity contribution in [3.8, 4) is 0 Å². The number of piperidine rings is 1. The van der Waals surface area contributed by atoms with Crippen LogP contribution in [0.4, 0.5) is 10.5 Å². The molecule has 130 valence electrons. The molecular formula is C16H20N2O6. The second-order valence-electron chi connectivity index (χ2n) is 5.86. The van der Waals surface area contributed by atoms with Crippen LogP contribution < -0.4 is 0 Å². The first-order chi connectivity index (χ1) is 11.3. The van der Waals surface area contributed by atoms with Crippen molar-refractivity contribution < 1.29 is 24.4 Å². The van der Waals surface area contributed by atoms with Crippen LogP contribution in [-0.2, 0) is 4.74 Å². The molecule has 0 bridgehead atoms. The van der Waals surface area contributed by atoms with Gasteiger partial charge in [-0.1, -0.05) is 13.0 Å². The second-order valence-corrected chi connectivity index (χ2v) is 5.86. The number of carbonyl (C=O) groups is 2. The number of nitro benzene ring substituents is 1. The Morgan fingerprint density at radius 3 is 2.71 bits per heavy atom. The van der Waals surface area contributed by atoms with Gasteiger partial charge in [0, 0.05) is 19.2 Å². The summed E-state index contributed by atoms with van der Waals surface area (Å²) in [5, 5.41) is 20.2. The molecule has 1 aromatic carbocycles. The van der Waals surface area contributed by atoms with Gasteiger partial charge < -0.3 is 14.7 Å². The molecule has 2 rings (SSSR count). The van der Waals surface area contributed by atoms with E-state index < -0.39 is 17.0 Å². The number of hydrogen-bond acceptors (Lipinski definition) is 5. The maximum absolute atomic E-state index is 12.0. The molecule has 1 N–H and O–H groups in total. The molecule has 1 unspecified atom stereocenters. The van der Waals surface area contributed by atoms with Gasteiger partial charge in [-0.3, -0.25) is 10.1 Å². The van der Waals surface area contributed by atoms with E-state index in [1.807, 2.05) is 6.92 Å². The van der Waals surface area contributed by atoms with Crippen molar-refractivity contribution in [2.24, 2.45) is 5.92 Å². The minimum Gasteiger partial charge on any atom is -0.465 e. The Morgan fingerprint density at radius 2 is 2.17 bits per heavy atom.